The number of carbonyl (C=O) groups is 1. The summed E-state index contributed by atoms with van der Waals surface area (Å²) >= 11 is 0. The summed E-state index contributed by atoms with van der Waals surface area (Å²) in [7, 11) is 1.82. The molecule has 1 atom stereocenters. The van der Waals surface area contributed by atoms with Crippen LogP contribution < -0.4 is 5.32 Å². The van der Waals surface area contributed by atoms with Crippen LogP contribution in [0.2, 0.25) is 0 Å². The van der Waals surface area contributed by atoms with E-state index in [0.29, 0.717) is 17.5 Å². The summed E-state index contributed by atoms with van der Waals surface area (Å²) in [5.41, 5.74) is 1.35. The van der Waals surface area contributed by atoms with Gasteiger partial charge in [-0.05, 0) is 45.4 Å². The molecule has 2 aromatic rings. The number of amides is 1. The lowest BCUT2D eigenvalue weighted by molar-refractivity contribution is -0.123. The Bertz CT molecular complexity index is 725. The number of hydrogen-bond donors (Lipinski definition) is 1. The monoisotopic (exact) mass is 318 g/mol. The second kappa shape index (κ2) is 6.28. The van der Waals surface area contributed by atoms with Gasteiger partial charge in [-0.1, -0.05) is 6.42 Å². The number of piperidine rings is 1. The SMILES string of the molecule is CC(C)N1CCCCC1C(=O)Nc1nc2cc(F)ccc2n1C. The van der Waals surface area contributed by atoms with Crippen molar-refractivity contribution in [3.63, 3.8) is 0 Å². The Kier molecular flexibility index (Phi) is 4.35. The quantitative estimate of drug-likeness (QED) is 0.946. The molecule has 1 aromatic heterocycles. The van der Waals surface area contributed by atoms with Gasteiger partial charge in [-0.25, -0.2) is 9.37 Å². The molecule has 1 saturated heterocycles. The first kappa shape index (κ1) is 15.9. The molecule has 3 rings (SSSR count). The highest BCUT2D eigenvalue weighted by Gasteiger charge is 2.30. The Balaban J connectivity index is 1.83. The van der Waals surface area contributed by atoms with Crippen molar-refractivity contribution < 1.29 is 9.18 Å². The Morgan fingerprint density at radius 1 is 1.39 bits per heavy atom. The van der Waals surface area contributed by atoms with E-state index in [1.807, 2.05) is 7.05 Å². The number of benzene rings is 1. The minimum Gasteiger partial charge on any atom is -0.313 e. The van der Waals surface area contributed by atoms with Crippen LogP contribution in [0.4, 0.5) is 10.3 Å². The first-order chi connectivity index (χ1) is 11.0. The summed E-state index contributed by atoms with van der Waals surface area (Å²) in [6, 6.07) is 4.67. The second-order valence-electron chi connectivity index (χ2n) is 6.46. The zero-order valence-electron chi connectivity index (χ0n) is 13.8. The normalized spacial score (nSPS) is 19.4. The van der Waals surface area contributed by atoms with Gasteiger partial charge in [0.15, 0.2) is 0 Å². The molecule has 0 saturated carbocycles. The highest BCUT2D eigenvalue weighted by Crippen LogP contribution is 2.23. The summed E-state index contributed by atoms with van der Waals surface area (Å²) in [5, 5.41) is 2.92. The number of hydrogen-bond acceptors (Lipinski definition) is 3. The molecule has 6 heteroatoms. The minimum absolute atomic E-state index is 0.0303. The molecule has 1 fully saturated rings. The number of halogens is 1. The molecule has 1 aliphatic rings. The van der Waals surface area contributed by atoms with Crippen LogP contribution >= 0.6 is 0 Å². The minimum atomic E-state index is -0.327. The molecule has 1 N–H and O–H groups in total. The van der Waals surface area contributed by atoms with Crippen LogP contribution in [0.3, 0.4) is 0 Å². The van der Waals surface area contributed by atoms with Gasteiger partial charge in [0.25, 0.3) is 0 Å². The summed E-state index contributed by atoms with van der Waals surface area (Å²) in [6.07, 6.45) is 3.06. The predicted molar refractivity (Wildman–Crippen MR) is 88.8 cm³/mol. The third kappa shape index (κ3) is 3.08. The smallest absolute Gasteiger partial charge is 0.244 e. The van der Waals surface area contributed by atoms with Gasteiger partial charge in [0.2, 0.25) is 11.9 Å². The molecular weight excluding hydrogens is 295 g/mol. The third-order valence-electron chi connectivity index (χ3n) is 4.59. The standard InChI is InChI=1S/C17H23FN4O/c1-11(2)22-9-5-4-6-15(22)16(23)20-17-19-13-10-12(18)7-8-14(13)21(17)3/h7-8,10-11,15H,4-6,9H2,1-3H3,(H,19,20,23). The summed E-state index contributed by atoms with van der Waals surface area (Å²) in [4.78, 5) is 19.3. The van der Waals surface area contributed by atoms with Gasteiger partial charge in [-0.3, -0.25) is 15.0 Å². The van der Waals surface area contributed by atoms with E-state index in [1.54, 1.807) is 10.6 Å². The molecule has 1 aromatic carbocycles. The number of carbonyl (C=O) groups excluding carboxylic acids is 1. The average Bonchev–Trinajstić information content (AvgIpc) is 2.82. The van der Waals surface area contributed by atoms with E-state index in [4.69, 9.17) is 0 Å². The molecule has 2 heterocycles. The second-order valence-corrected chi connectivity index (χ2v) is 6.46. The fourth-order valence-corrected chi connectivity index (χ4v) is 3.33. The van der Waals surface area contributed by atoms with Gasteiger partial charge in [0.05, 0.1) is 17.1 Å². The molecule has 1 unspecified atom stereocenters. The van der Waals surface area contributed by atoms with Gasteiger partial charge in [-0.2, -0.15) is 0 Å². The number of rotatable bonds is 3. The molecule has 0 spiro atoms. The van der Waals surface area contributed by atoms with Crippen LogP contribution in [0.25, 0.3) is 11.0 Å². The molecule has 124 valence electrons. The number of fused-ring (bicyclic) bond motifs is 1. The van der Waals surface area contributed by atoms with Crippen molar-refractivity contribution in [3.8, 4) is 0 Å². The fourth-order valence-electron chi connectivity index (χ4n) is 3.33. The Morgan fingerprint density at radius 2 is 2.17 bits per heavy atom. The molecule has 1 aliphatic heterocycles. The van der Waals surface area contributed by atoms with Crippen molar-refractivity contribution in [1.29, 1.82) is 0 Å². The third-order valence-corrected chi connectivity index (χ3v) is 4.59. The molecule has 5 nitrogen and oxygen atoms in total. The van der Waals surface area contributed by atoms with Crippen molar-refractivity contribution in [2.75, 3.05) is 11.9 Å². The van der Waals surface area contributed by atoms with Crippen molar-refractivity contribution in [2.45, 2.75) is 45.2 Å². The van der Waals surface area contributed by atoms with Crippen LogP contribution in [-0.2, 0) is 11.8 Å². The van der Waals surface area contributed by atoms with E-state index < -0.39 is 0 Å². The number of likely N-dealkylation sites (tertiary alicyclic amines) is 1. The largest absolute Gasteiger partial charge is 0.313 e. The number of anilines is 1. The van der Waals surface area contributed by atoms with Gasteiger partial charge in [-0.15, -0.1) is 0 Å². The van der Waals surface area contributed by atoms with Gasteiger partial charge >= 0.3 is 0 Å². The zero-order chi connectivity index (χ0) is 16.6. The van der Waals surface area contributed by atoms with Crippen LogP contribution in [0.15, 0.2) is 18.2 Å². The van der Waals surface area contributed by atoms with Crippen molar-refractivity contribution in [3.05, 3.63) is 24.0 Å². The van der Waals surface area contributed by atoms with E-state index >= 15 is 0 Å². The first-order valence-corrected chi connectivity index (χ1v) is 8.16. The summed E-state index contributed by atoms with van der Waals surface area (Å²) in [6.45, 7) is 5.18. The van der Waals surface area contributed by atoms with E-state index in [-0.39, 0.29) is 17.8 Å². The predicted octanol–water partition coefficient (Wildman–Crippen LogP) is 2.91. The fraction of sp³-hybridized carbons (Fsp3) is 0.529. The van der Waals surface area contributed by atoms with Crippen molar-refractivity contribution >= 4 is 22.9 Å². The summed E-state index contributed by atoms with van der Waals surface area (Å²) < 4.78 is 15.1. The molecule has 0 bridgehead atoms. The molecular formula is C17H23FN4O. The van der Waals surface area contributed by atoms with Crippen LogP contribution in [0.1, 0.15) is 33.1 Å². The van der Waals surface area contributed by atoms with Gasteiger partial charge in [0, 0.05) is 19.2 Å². The number of nitrogens with zero attached hydrogens (tertiary/aromatic N) is 3. The maximum Gasteiger partial charge on any atom is 0.244 e. The Morgan fingerprint density at radius 3 is 2.91 bits per heavy atom. The highest BCUT2D eigenvalue weighted by atomic mass is 19.1. The van der Waals surface area contributed by atoms with Gasteiger partial charge in [0.1, 0.15) is 5.82 Å². The molecule has 0 aliphatic carbocycles. The van der Waals surface area contributed by atoms with E-state index in [0.717, 1.165) is 31.3 Å². The number of aromatic nitrogens is 2. The molecule has 23 heavy (non-hydrogen) atoms. The van der Waals surface area contributed by atoms with Crippen molar-refractivity contribution in [1.82, 2.24) is 14.5 Å². The Labute approximate surface area is 135 Å². The summed E-state index contributed by atoms with van der Waals surface area (Å²) in [5.74, 6) is 0.105. The maximum atomic E-state index is 13.3. The zero-order valence-corrected chi connectivity index (χ0v) is 13.8. The number of imidazole rings is 1. The topological polar surface area (TPSA) is 50.2 Å². The lowest BCUT2D eigenvalue weighted by atomic mass is 10.00. The van der Waals surface area contributed by atoms with Crippen LogP contribution in [0.5, 0.6) is 0 Å². The van der Waals surface area contributed by atoms with E-state index in [1.165, 1.54) is 12.1 Å². The number of aryl methyl sites for hydroxylation is 1. The lowest BCUT2D eigenvalue weighted by Gasteiger charge is -2.37. The van der Waals surface area contributed by atoms with Gasteiger partial charge < -0.3 is 4.57 Å². The maximum absolute atomic E-state index is 13.3. The Hall–Kier alpha value is -1.95. The lowest BCUT2D eigenvalue weighted by Crippen LogP contribution is -2.50. The van der Waals surface area contributed by atoms with Crippen LogP contribution in [0, 0.1) is 5.82 Å². The number of nitrogens with one attached hydrogen (secondary N) is 1. The van der Waals surface area contributed by atoms with E-state index in [9.17, 15) is 9.18 Å². The van der Waals surface area contributed by atoms with E-state index in [2.05, 4.69) is 29.0 Å². The average molecular weight is 318 g/mol. The first-order valence-electron chi connectivity index (χ1n) is 8.16. The molecule has 1 amide bonds. The van der Waals surface area contributed by atoms with Crippen molar-refractivity contribution in [2.24, 2.45) is 7.05 Å². The van der Waals surface area contributed by atoms with Crippen LogP contribution in [-0.4, -0.2) is 39.0 Å². The highest BCUT2D eigenvalue weighted by molar-refractivity contribution is 5.95. The molecule has 0 radical (unpaired) electrons.